The van der Waals surface area contributed by atoms with Crippen LogP contribution in [-0.2, 0) is 6.42 Å². The molecule has 0 saturated carbocycles. The number of hydrogen-bond acceptors (Lipinski definition) is 7. The maximum Gasteiger partial charge on any atom is 0.249 e. The summed E-state index contributed by atoms with van der Waals surface area (Å²) in [5, 5.41) is 14.5. The summed E-state index contributed by atoms with van der Waals surface area (Å²) >= 11 is 0. The number of aromatic nitrogens is 3. The quantitative estimate of drug-likeness (QED) is 0.631. The van der Waals surface area contributed by atoms with E-state index in [0.29, 0.717) is 18.3 Å². The van der Waals surface area contributed by atoms with E-state index in [-0.39, 0.29) is 0 Å². The molecule has 0 saturated heterocycles. The first-order valence-corrected chi connectivity index (χ1v) is 8.66. The molecule has 0 bridgehead atoms. The Morgan fingerprint density at radius 2 is 1.81 bits per heavy atom. The first-order chi connectivity index (χ1) is 13.2. The maximum absolute atomic E-state index is 5.34. The van der Waals surface area contributed by atoms with Gasteiger partial charge in [-0.1, -0.05) is 24.3 Å². The Morgan fingerprint density at radius 1 is 1.00 bits per heavy atom. The third kappa shape index (κ3) is 4.84. The largest absolute Gasteiger partial charge is 0.493 e. The van der Waals surface area contributed by atoms with E-state index in [1.165, 1.54) is 0 Å². The monoisotopic (exact) mass is 365 g/mol. The predicted molar refractivity (Wildman–Crippen MR) is 106 cm³/mol. The number of nitrogens with zero attached hydrogens (tertiary/aromatic N) is 3. The summed E-state index contributed by atoms with van der Waals surface area (Å²) in [7, 11) is 3.26. The van der Waals surface area contributed by atoms with E-state index < -0.39 is 0 Å². The number of aryl methyl sites for hydroxylation is 1. The Labute approximate surface area is 158 Å². The molecule has 7 heteroatoms. The normalized spacial score (nSPS) is 10.3. The first-order valence-electron chi connectivity index (χ1n) is 8.66. The van der Waals surface area contributed by atoms with Gasteiger partial charge in [0.25, 0.3) is 0 Å². The third-order valence-corrected chi connectivity index (χ3v) is 4.12. The fourth-order valence-electron chi connectivity index (χ4n) is 2.65. The molecule has 1 aromatic heterocycles. The van der Waals surface area contributed by atoms with Gasteiger partial charge in [-0.3, -0.25) is 0 Å². The summed E-state index contributed by atoms with van der Waals surface area (Å²) in [5.74, 6) is 2.58. The molecule has 2 N–H and O–H groups in total. The lowest BCUT2D eigenvalue weighted by molar-refractivity contribution is 0.354. The van der Waals surface area contributed by atoms with E-state index in [1.807, 2.05) is 49.4 Å². The van der Waals surface area contributed by atoms with Gasteiger partial charge in [-0.25, -0.2) is 0 Å². The summed E-state index contributed by atoms with van der Waals surface area (Å²) in [4.78, 5) is 4.46. The van der Waals surface area contributed by atoms with E-state index in [9.17, 15) is 0 Å². The van der Waals surface area contributed by atoms with Gasteiger partial charge in [0.05, 0.1) is 20.4 Å². The standard InChI is InChI=1S/C20H23N5O2/c1-14-6-4-5-7-16(14)23-20-24-19(13-22-25-20)21-11-10-15-8-9-17(26-2)18(12-15)27-3/h4-9,12-13H,10-11H2,1-3H3,(H2,21,23,24,25). The molecule has 0 radical (unpaired) electrons. The number of hydrogen-bond donors (Lipinski definition) is 2. The topological polar surface area (TPSA) is 81.2 Å². The van der Waals surface area contributed by atoms with Crippen LogP contribution in [0.15, 0.2) is 48.7 Å². The lowest BCUT2D eigenvalue weighted by Crippen LogP contribution is -2.09. The highest BCUT2D eigenvalue weighted by Gasteiger charge is 2.06. The van der Waals surface area contributed by atoms with Crippen molar-refractivity contribution < 1.29 is 9.47 Å². The minimum absolute atomic E-state index is 0.459. The minimum Gasteiger partial charge on any atom is -0.493 e. The number of rotatable bonds is 8. The zero-order chi connectivity index (χ0) is 19.1. The Hall–Kier alpha value is -3.35. The predicted octanol–water partition coefficient (Wildman–Crippen LogP) is 3.60. The SMILES string of the molecule is COc1ccc(CCNc2cnnc(Nc3ccccc3C)n2)cc1OC. The van der Waals surface area contributed by atoms with Gasteiger partial charge in [0.2, 0.25) is 5.95 Å². The summed E-state index contributed by atoms with van der Waals surface area (Å²) < 4.78 is 10.6. The Kier molecular flexibility index (Phi) is 6.04. The minimum atomic E-state index is 0.459. The summed E-state index contributed by atoms with van der Waals surface area (Å²) in [6.07, 6.45) is 2.42. The van der Waals surface area contributed by atoms with Crippen molar-refractivity contribution in [2.24, 2.45) is 0 Å². The molecule has 0 spiro atoms. The zero-order valence-corrected chi connectivity index (χ0v) is 15.7. The van der Waals surface area contributed by atoms with Gasteiger partial charge in [0.1, 0.15) is 0 Å². The van der Waals surface area contributed by atoms with Gasteiger partial charge in [0.15, 0.2) is 17.3 Å². The fourth-order valence-corrected chi connectivity index (χ4v) is 2.65. The van der Waals surface area contributed by atoms with Crippen LogP contribution < -0.4 is 20.1 Å². The van der Waals surface area contributed by atoms with Crippen LogP contribution in [0, 0.1) is 6.92 Å². The average molecular weight is 365 g/mol. The van der Waals surface area contributed by atoms with Crippen LogP contribution >= 0.6 is 0 Å². The third-order valence-electron chi connectivity index (χ3n) is 4.12. The molecule has 0 fully saturated rings. The van der Waals surface area contributed by atoms with Crippen molar-refractivity contribution >= 4 is 17.5 Å². The lowest BCUT2D eigenvalue weighted by atomic mass is 10.1. The van der Waals surface area contributed by atoms with Gasteiger partial charge >= 0.3 is 0 Å². The maximum atomic E-state index is 5.34. The smallest absolute Gasteiger partial charge is 0.249 e. The number of para-hydroxylation sites is 1. The molecular weight excluding hydrogens is 342 g/mol. The highest BCUT2D eigenvalue weighted by Crippen LogP contribution is 2.27. The Balaban J connectivity index is 1.60. The second kappa shape index (κ2) is 8.84. The second-order valence-electron chi connectivity index (χ2n) is 5.97. The molecule has 0 amide bonds. The zero-order valence-electron chi connectivity index (χ0n) is 15.7. The molecule has 27 heavy (non-hydrogen) atoms. The summed E-state index contributed by atoms with van der Waals surface area (Å²) in [5.41, 5.74) is 3.22. The molecule has 7 nitrogen and oxygen atoms in total. The Morgan fingerprint density at radius 3 is 2.59 bits per heavy atom. The Bertz CT molecular complexity index is 901. The number of nitrogens with one attached hydrogen (secondary N) is 2. The van der Waals surface area contributed by atoms with E-state index in [2.05, 4.69) is 25.8 Å². The van der Waals surface area contributed by atoms with E-state index in [0.717, 1.165) is 34.7 Å². The van der Waals surface area contributed by atoms with Crippen LogP contribution in [0.3, 0.4) is 0 Å². The second-order valence-corrected chi connectivity index (χ2v) is 5.97. The lowest BCUT2D eigenvalue weighted by Gasteiger charge is -2.11. The van der Waals surface area contributed by atoms with Crippen molar-refractivity contribution in [2.45, 2.75) is 13.3 Å². The van der Waals surface area contributed by atoms with Crippen molar-refractivity contribution in [3.05, 3.63) is 59.8 Å². The number of ether oxygens (including phenoxy) is 2. The van der Waals surface area contributed by atoms with Crippen molar-refractivity contribution in [1.82, 2.24) is 15.2 Å². The van der Waals surface area contributed by atoms with E-state index >= 15 is 0 Å². The van der Waals surface area contributed by atoms with Gasteiger partial charge in [-0.2, -0.15) is 10.1 Å². The van der Waals surface area contributed by atoms with Gasteiger partial charge < -0.3 is 20.1 Å². The molecule has 3 aromatic rings. The molecule has 0 unspecified atom stereocenters. The van der Waals surface area contributed by atoms with Crippen molar-refractivity contribution in [1.29, 1.82) is 0 Å². The molecule has 140 valence electrons. The number of benzene rings is 2. The molecule has 0 aliphatic heterocycles. The molecule has 2 aromatic carbocycles. The van der Waals surface area contributed by atoms with Crippen LogP contribution in [0.1, 0.15) is 11.1 Å². The molecule has 0 aliphatic carbocycles. The van der Waals surface area contributed by atoms with Crippen molar-refractivity contribution in [3.63, 3.8) is 0 Å². The fraction of sp³-hybridized carbons (Fsp3) is 0.250. The summed E-state index contributed by atoms with van der Waals surface area (Å²) in [6.45, 7) is 2.74. The molecule has 0 atom stereocenters. The van der Waals surface area contributed by atoms with Gasteiger partial charge in [-0.15, -0.1) is 5.10 Å². The highest BCUT2D eigenvalue weighted by atomic mass is 16.5. The first kappa shape index (κ1) is 18.4. The van der Waals surface area contributed by atoms with Crippen molar-refractivity contribution in [2.75, 3.05) is 31.4 Å². The van der Waals surface area contributed by atoms with Crippen LogP contribution in [0.4, 0.5) is 17.5 Å². The van der Waals surface area contributed by atoms with Crippen LogP contribution in [0.25, 0.3) is 0 Å². The van der Waals surface area contributed by atoms with Crippen molar-refractivity contribution in [3.8, 4) is 11.5 Å². The average Bonchev–Trinajstić information content (AvgIpc) is 2.70. The highest BCUT2D eigenvalue weighted by molar-refractivity contribution is 5.58. The van der Waals surface area contributed by atoms with Crippen LogP contribution in [0.5, 0.6) is 11.5 Å². The number of anilines is 3. The molecular formula is C20H23N5O2. The van der Waals surface area contributed by atoms with E-state index in [4.69, 9.17) is 9.47 Å². The van der Waals surface area contributed by atoms with E-state index in [1.54, 1.807) is 20.4 Å². The molecule has 3 rings (SSSR count). The summed E-state index contributed by atoms with van der Waals surface area (Å²) in [6, 6.07) is 13.9. The number of methoxy groups -OCH3 is 2. The van der Waals surface area contributed by atoms with Gasteiger partial charge in [-0.05, 0) is 42.7 Å². The van der Waals surface area contributed by atoms with Gasteiger partial charge in [0, 0.05) is 12.2 Å². The molecule has 0 aliphatic rings. The molecule has 1 heterocycles. The van der Waals surface area contributed by atoms with Crippen LogP contribution in [-0.4, -0.2) is 35.9 Å². The van der Waals surface area contributed by atoms with Crippen LogP contribution in [0.2, 0.25) is 0 Å².